The van der Waals surface area contributed by atoms with Crippen LogP contribution < -0.4 is 21.1 Å². The number of carbonyl (C=O) groups is 4. The first-order valence-electron chi connectivity index (χ1n) is 16.3. The smallest absolute Gasteiger partial charge is 0.269 e. The predicted octanol–water partition coefficient (Wildman–Crippen LogP) is 2.24. The Bertz CT molecular complexity index is 1540. The molecule has 1 fully saturated rings. The molecule has 3 N–H and O–H groups in total. The summed E-state index contributed by atoms with van der Waals surface area (Å²) < 4.78 is 17.3. The Morgan fingerprint density at radius 3 is 2.28 bits per heavy atom. The van der Waals surface area contributed by atoms with Gasteiger partial charge in [0.25, 0.3) is 5.91 Å². The van der Waals surface area contributed by atoms with E-state index in [1.807, 2.05) is 51.2 Å². The third-order valence-electron chi connectivity index (χ3n) is 8.88. The molecule has 47 heavy (non-hydrogen) atoms. The van der Waals surface area contributed by atoms with Crippen molar-refractivity contribution in [2.24, 2.45) is 0 Å². The van der Waals surface area contributed by atoms with Gasteiger partial charge in [0.05, 0.1) is 11.4 Å². The van der Waals surface area contributed by atoms with Gasteiger partial charge >= 0.3 is 0 Å². The van der Waals surface area contributed by atoms with Gasteiger partial charge in [0.15, 0.2) is 0 Å². The van der Waals surface area contributed by atoms with Gasteiger partial charge in [-0.25, -0.2) is 4.39 Å². The monoisotopic (exact) mass is 663 g/mol. The summed E-state index contributed by atoms with van der Waals surface area (Å²) in [6, 6.07) is 15.4. The average Bonchev–Trinajstić information content (AvgIpc) is 3.57. The molecule has 13 heteroatoms. The number of amides is 4. The first kappa shape index (κ1) is 35.5. The van der Waals surface area contributed by atoms with Crippen molar-refractivity contribution in [3.63, 3.8) is 0 Å². The fraction of sp³-hybridized carbons (Fsp3) is 0.441. The summed E-state index contributed by atoms with van der Waals surface area (Å²) in [7, 11) is -0.160. The number of carbonyl (C=O) groups excluding carboxylic acids is 4. The molecule has 2 heterocycles. The summed E-state index contributed by atoms with van der Waals surface area (Å²) in [6.07, 6.45) is 1.75. The highest BCUT2D eigenvalue weighted by molar-refractivity contribution is 6.78. The number of nitrogens with zero attached hydrogens (tertiary/aromatic N) is 4. The van der Waals surface area contributed by atoms with Crippen LogP contribution >= 0.6 is 0 Å². The molecule has 1 unspecified atom stereocenters. The number of benzene rings is 2. The molecule has 11 nitrogen and oxygen atoms in total. The van der Waals surface area contributed by atoms with E-state index in [4.69, 9.17) is 0 Å². The molecule has 2 aromatic carbocycles. The highest BCUT2D eigenvalue weighted by atomic mass is 28.3. The second-order valence-electron chi connectivity index (χ2n) is 12.0. The molecular formula is C34H46FN7O4Si. The molecule has 0 aliphatic carbocycles. The minimum atomic E-state index is -2.15. The maximum absolute atomic E-state index is 15.7. The van der Waals surface area contributed by atoms with E-state index in [2.05, 4.69) is 25.9 Å². The van der Waals surface area contributed by atoms with E-state index in [0.29, 0.717) is 36.9 Å². The number of hydrogen-bond donors (Lipinski definition) is 3. The van der Waals surface area contributed by atoms with Gasteiger partial charge in [-0.05, 0) is 37.7 Å². The number of likely N-dealkylation sites (N-methyl/N-ethyl adjacent to an activating group) is 1. The van der Waals surface area contributed by atoms with Crippen LogP contribution in [-0.4, -0.2) is 96.9 Å². The molecule has 1 aliphatic rings. The molecule has 0 bridgehead atoms. The van der Waals surface area contributed by atoms with E-state index < -0.39 is 44.1 Å². The van der Waals surface area contributed by atoms with E-state index in [9.17, 15) is 19.2 Å². The highest BCUT2D eigenvalue weighted by Gasteiger charge is 2.35. The summed E-state index contributed by atoms with van der Waals surface area (Å²) in [5, 5.41) is 13.7. The van der Waals surface area contributed by atoms with Crippen molar-refractivity contribution in [3.05, 3.63) is 77.9 Å². The lowest BCUT2D eigenvalue weighted by atomic mass is 9.91. The van der Waals surface area contributed by atoms with Crippen LogP contribution in [0.4, 0.5) is 10.1 Å². The van der Waals surface area contributed by atoms with Crippen LogP contribution in [0.3, 0.4) is 0 Å². The number of halogens is 1. The molecule has 1 aromatic heterocycles. The zero-order valence-corrected chi connectivity index (χ0v) is 29.0. The lowest BCUT2D eigenvalue weighted by molar-refractivity contribution is -0.138. The molecule has 3 aromatic rings. The maximum Gasteiger partial charge on any atom is 0.269 e. The van der Waals surface area contributed by atoms with Crippen LogP contribution in [0.15, 0.2) is 60.8 Å². The van der Waals surface area contributed by atoms with Gasteiger partial charge in [-0.1, -0.05) is 68.4 Å². The van der Waals surface area contributed by atoms with Crippen LogP contribution in [0.25, 0.3) is 0 Å². The van der Waals surface area contributed by atoms with Gasteiger partial charge in [-0.15, -0.1) is 0 Å². The zero-order valence-electron chi connectivity index (χ0n) is 27.8. The summed E-state index contributed by atoms with van der Waals surface area (Å²) in [4.78, 5) is 57.1. The van der Waals surface area contributed by atoms with Crippen molar-refractivity contribution in [3.8, 4) is 0 Å². The number of piperazine rings is 1. The standard InChI is InChI=1S/C34H46FN7O4Si/c1-6-29(43)38-30(34(46)41-20-18-40(5)19-21-41)23(4)24-14-15-27(26(35)22-24)37-32(45)33(47(8-3)25-12-10-9-11-13-25)39-31(44)28-16-17-36-42(28)7-2/h9-17,22-23,30,33,47H,6-8,18-21H2,1-5H3,(H,37,45)(H,38,43)(H,39,44)/t23-,30+,33?,47-/m0/s1. The van der Waals surface area contributed by atoms with E-state index in [-0.39, 0.29) is 23.9 Å². The lowest BCUT2D eigenvalue weighted by Gasteiger charge is -2.36. The first-order valence-corrected chi connectivity index (χ1v) is 18.4. The van der Waals surface area contributed by atoms with Crippen molar-refractivity contribution in [2.45, 2.75) is 64.3 Å². The first-order chi connectivity index (χ1) is 22.6. The molecule has 4 rings (SSSR count). The Labute approximate surface area is 277 Å². The molecule has 4 atom stereocenters. The van der Waals surface area contributed by atoms with E-state index >= 15 is 4.39 Å². The second kappa shape index (κ2) is 16.5. The minimum absolute atomic E-state index is 0.0414. The number of rotatable bonds is 13. The number of aryl methyl sites for hydroxylation is 1. The molecule has 1 saturated heterocycles. The van der Waals surface area contributed by atoms with Gasteiger partial charge in [0, 0.05) is 51.3 Å². The van der Waals surface area contributed by atoms with Crippen LogP contribution in [0, 0.1) is 5.82 Å². The van der Waals surface area contributed by atoms with E-state index in [1.165, 1.54) is 18.3 Å². The number of aromatic nitrogens is 2. The normalized spacial score (nSPS) is 16.1. The van der Waals surface area contributed by atoms with Crippen molar-refractivity contribution in [2.75, 3.05) is 38.5 Å². The van der Waals surface area contributed by atoms with Crippen molar-refractivity contribution >= 4 is 43.3 Å². The van der Waals surface area contributed by atoms with Gasteiger partial charge in [0.1, 0.15) is 26.3 Å². The molecule has 0 saturated carbocycles. The van der Waals surface area contributed by atoms with Crippen LogP contribution in [0.2, 0.25) is 6.04 Å². The molecule has 0 spiro atoms. The highest BCUT2D eigenvalue weighted by Crippen LogP contribution is 2.26. The van der Waals surface area contributed by atoms with Crippen LogP contribution in [-0.2, 0) is 20.9 Å². The Morgan fingerprint density at radius 1 is 0.957 bits per heavy atom. The SMILES string of the molecule is CCC(=O)N[C@@H](C(=O)N1CCN(C)CC1)[C@@H](C)c1ccc(NC(=O)C(NC(=O)c2ccnn2CC)[Si@@H](CC)c2ccccc2)c(F)c1. The Hall–Kier alpha value is -4.36. The Morgan fingerprint density at radius 2 is 1.66 bits per heavy atom. The fourth-order valence-electron chi connectivity index (χ4n) is 5.92. The summed E-state index contributed by atoms with van der Waals surface area (Å²) >= 11 is 0. The molecule has 1 aliphatic heterocycles. The Kier molecular flexibility index (Phi) is 12.4. The van der Waals surface area contributed by atoms with Gasteiger partial charge < -0.3 is 25.8 Å². The van der Waals surface area contributed by atoms with E-state index in [0.717, 1.165) is 18.3 Å². The molecule has 4 amide bonds. The summed E-state index contributed by atoms with van der Waals surface area (Å²) in [6.45, 7) is 10.4. The van der Waals surface area contributed by atoms with Crippen molar-refractivity contribution < 1.29 is 23.6 Å². The minimum Gasteiger partial charge on any atom is -0.344 e. The average molecular weight is 664 g/mol. The molecule has 0 radical (unpaired) electrons. The van der Waals surface area contributed by atoms with Crippen LogP contribution in [0.1, 0.15) is 56.1 Å². The number of anilines is 1. The second-order valence-corrected chi connectivity index (χ2v) is 15.3. The maximum atomic E-state index is 15.7. The van der Waals surface area contributed by atoms with Gasteiger partial charge in [0.2, 0.25) is 17.7 Å². The van der Waals surface area contributed by atoms with Crippen molar-refractivity contribution in [1.29, 1.82) is 0 Å². The lowest BCUT2D eigenvalue weighted by Crippen LogP contribution is -2.58. The predicted molar refractivity (Wildman–Crippen MR) is 183 cm³/mol. The van der Waals surface area contributed by atoms with Crippen LogP contribution in [0.5, 0.6) is 0 Å². The largest absolute Gasteiger partial charge is 0.344 e. The summed E-state index contributed by atoms with van der Waals surface area (Å²) in [5.74, 6) is -2.63. The number of hydrogen-bond acceptors (Lipinski definition) is 6. The fourth-order valence-corrected chi connectivity index (χ4v) is 8.77. The van der Waals surface area contributed by atoms with Gasteiger partial charge in [-0.3, -0.25) is 23.9 Å². The third kappa shape index (κ3) is 8.72. The summed E-state index contributed by atoms with van der Waals surface area (Å²) in [5.41, 5.74) is -0.0852. The number of nitrogens with one attached hydrogen (secondary N) is 3. The van der Waals surface area contributed by atoms with Gasteiger partial charge in [-0.2, -0.15) is 5.10 Å². The van der Waals surface area contributed by atoms with E-state index in [1.54, 1.807) is 35.6 Å². The molecular weight excluding hydrogens is 618 g/mol. The zero-order chi connectivity index (χ0) is 34.1. The topological polar surface area (TPSA) is 129 Å². The quantitative estimate of drug-likeness (QED) is 0.241. The molecule has 252 valence electrons. The Balaban J connectivity index is 1.58. The van der Waals surface area contributed by atoms with Crippen molar-refractivity contribution in [1.82, 2.24) is 30.2 Å². The third-order valence-corrected chi connectivity index (χ3v) is 12.3.